The van der Waals surface area contributed by atoms with Gasteiger partial charge in [0.15, 0.2) is 5.69 Å². The third kappa shape index (κ3) is 5.16. The number of aromatic nitrogens is 3. The summed E-state index contributed by atoms with van der Waals surface area (Å²) in [4.78, 5) is 28.6. The largest absolute Gasteiger partial charge is 0.373 e. The third-order valence-electron chi connectivity index (χ3n) is 6.51. The number of thiophene rings is 1. The van der Waals surface area contributed by atoms with Crippen LogP contribution in [0.3, 0.4) is 0 Å². The molecule has 1 fully saturated rings. The maximum atomic E-state index is 13.9. The number of anilines is 2. The number of carbonyl (C=O) groups excluding carboxylic acids is 1. The van der Waals surface area contributed by atoms with Crippen molar-refractivity contribution in [1.29, 1.82) is 0 Å². The highest BCUT2D eigenvalue weighted by Gasteiger charge is 2.30. The minimum absolute atomic E-state index is 0.0979. The van der Waals surface area contributed by atoms with Crippen LogP contribution in [0.4, 0.5) is 15.3 Å². The lowest BCUT2D eigenvalue weighted by Crippen LogP contribution is -2.30. The van der Waals surface area contributed by atoms with Crippen LogP contribution in [0, 0.1) is 13.8 Å². The number of nitrogens with one attached hydrogen (secondary N) is 2. The van der Waals surface area contributed by atoms with Gasteiger partial charge in [-0.3, -0.25) is 9.78 Å². The van der Waals surface area contributed by atoms with Crippen LogP contribution in [0.5, 0.6) is 0 Å². The molecule has 1 saturated heterocycles. The fourth-order valence-corrected chi connectivity index (χ4v) is 5.25. The minimum Gasteiger partial charge on any atom is -0.373 e. The number of rotatable bonds is 7. The van der Waals surface area contributed by atoms with E-state index in [0.717, 1.165) is 10.7 Å². The van der Waals surface area contributed by atoms with Crippen LogP contribution in [-0.2, 0) is 6.54 Å². The van der Waals surface area contributed by atoms with Gasteiger partial charge in [-0.05, 0) is 62.1 Å². The maximum Gasteiger partial charge on any atom is 0.274 e. The summed E-state index contributed by atoms with van der Waals surface area (Å²) in [7, 11) is 0. The molecule has 1 amide bonds. The summed E-state index contributed by atoms with van der Waals surface area (Å²) in [6.07, 6.45) is 1.10. The van der Waals surface area contributed by atoms with E-state index >= 15 is 0 Å². The van der Waals surface area contributed by atoms with Crippen molar-refractivity contribution >= 4 is 38.4 Å². The Hall–Kier alpha value is -3.59. The summed E-state index contributed by atoms with van der Waals surface area (Å²) in [6.45, 7) is 7.31. The molecule has 0 aliphatic carbocycles. The van der Waals surface area contributed by atoms with Crippen LogP contribution in [-0.4, -0.2) is 45.0 Å². The fraction of sp³-hybridized carbons (Fsp3) is 0.333. The Morgan fingerprint density at radius 2 is 2.06 bits per heavy atom. The summed E-state index contributed by atoms with van der Waals surface area (Å²) in [5.74, 6) is 0.0807. The Morgan fingerprint density at radius 3 is 2.78 bits per heavy atom. The van der Waals surface area contributed by atoms with E-state index < -0.39 is 6.17 Å². The number of benzene rings is 1. The van der Waals surface area contributed by atoms with Gasteiger partial charge in [0, 0.05) is 19.3 Å². The van der Waals surface area contributed by atoms with Crippen molar-refractivity contribution < 1.29 is 9.18 Å². The molecule has 0 spiro atoms. The van der Waals surface area contributed by atoms with Gasteiger partial charge < -0.3 is 15.5 Å². The molecule has 2 atom stereocenters. The fourth-order valence-electron chi connectivity index (χ4n) is 4.28. The summed E-state index contributed by atoms with van der Waals surface area (Å²) < 4.78 is 14.6. The molecular formula is C27H29FN6OS. The monoisotopic (exact) mass is 504 g/mol. The van der Waals surface area contributed by atoms with Gasteiger partial charge in [0.1, 0.15) is 6.17 Å². The zero-order chi connectivity index (χ0) is 25.2. The van der Waals surface area contributed by atoms with Crippen molar-refractivity contribution in [2.75, 3.05) is 23.7 Å². The Bertz CT molecular complexity index is 1390. The van der Waals surface area contributed by atoms with Gasteiger partial charge in [-0.15, -0.1) is 11.3 Å². The molecule has 1 aromatic carbocycles. The highest BCUT2D eigenvalue weighted by Crippen LogP contribution is 2.33. The number of pyridine rings is 1. The second-order valence-corrected chi connectivity index (χ2v) is 10.3. The highest BCUT2D eigenvalue weighted by molar-refractivity contribution is 7.23. The molecule has 9 heteroatoms. The Balaban J connectivity index is 1.45. The molecule has 2 N–H and O–H groups in total. The molecule has 1 aliphatic rings. The second-order valence-electron chi connectivity index (χ2n) is 9.25. The number of alkyl halides is 1. The number of carbonyl (C=O) groups is 1. The number of hydrogen-bond donors (Lipinski definition) is 2. The van der Waals surface area contributed by atoms with E-state index in [2.05, 4.69) is 52.6 Å². The first-order valence-corrected chi connectivity index (χ1v) is 12.9. The topological polar surface area (TPSA) is 83.0 Å². The lowest BCUT2D eigenvalue weighted by Gasteiger charge is -2.17. The Labute approximate surface area is 213 Å². The Morgan fingerprint density at radius 1 is 1.19 bits per heavy atom. The van der Waals surface area contributed by atoms with Gasteiger partial charge >= 0.3 is 0 Å². The van der Waals surface area contributed by atoms with Crippen LogP contribution in [0.15, 0.2) is 48.7 Å². The lowest BCUT2D eigenvalue weighted by atomic mass is 10.1. The first-order valence-electron chi connectivity index (χ1n) is 12.1. The number of nitrogens with zero attached hydrogens (tertiary/aromatic N) is 4. The van der Waals surface area contributed by atoms with Crippen LogP contribution in [0.1, 0.15) is 52.3 Å². The molecule has 186 valence electrons. The SMILES string of the molecule is Cc1ccc(CNc2cc3nc(N[C@@H](C)c4ccccn4)nc(C(=O)N4CC[C@@H](F)C4)c3s2)cc1C. The smallest absolute Gasteiger partial charge is 0.274 e. The average molecular weight is 505 g/mol. The third-order valence-corrected chi connectivity index (χ3v) is 7.60. The van der Waals surface area contributed by atoms with Crippen LogP contribution >= 0.6 is 11.3 Å². The van der Waals surface area contributed by atoms with Crippen LogP contribution in [0.2, 0.25) is 0 Å². The second kappa shape index (κ2) is 10.2. The normalized spacial score (nSPS) is 16.3. The van der Waals surface area contributed by atoms with Gasteiger partial charge in [-0.2, -0.15) is 0 Å². The number of likely N-dealkylation sites (tertiary alicyclic amines) is 1. The quantitative estimate of drug-likeness (QED) is 0.337. The number of aryl methyl sites for hydroxylation is 2. The van der Waals surface area contributed by atoms with Gasteiger partial charge in [-0.25, -0.2) is 14.4 Å². The van der Waals surface area contributed by atoms with E-state index in [1.807, 2.05) is 31.2 Å². The molecule has 0 radical (unpaired) electrons. The van der Waals surface area contributed by atoms with Crippen molar-refractivity contribution in [2.45, 2.75) is 46.0 Å². The van der Waals surface area contributed by atoms with Gasteiger partial charge in [-0.1, -0.05) is 24.3 Å². The summed E-state index contributed by atoms with van der Waals surface area (Å²) in [5, 5.41) is 7.63. The van der Waals surface area contributed by atoms with E-state index in [1.165, 1.54) is 28.0 Å². The molecule has 4 aromatic rings. The molecule has 7 nitrogen and oxygen atoms in total. The predicted molar refractivity (Wildman–Crippen MR) is 142 cm³/mol. The number of amides is 1. The molecule has 0 unspecified atom stereocenters. The molecule has 36 heavy (non-hydrogen) atoms. The number of halogens is 1. The molecule has 5 rings (SSSR count). The van der Waals surface area contributed by atoms with Crippen LogP contribution in [0.25, 0.3) is 10.2 Å². The summed E-state index contributed by atoms with van der Waals surface area (Å²) in [5.41, 5.74) is 5.50. The molecule has 4 heterocycles. The summed E-state index contributed by atoms with van der Waals surface area (Å²) >= 11 is 1.44. The van der Waals surface area contributed by atoms with Crippen molar-refractivity contribution in [2.24, 2.45) is 0 Å². The standard InChI is InChI=1S/C27H29FN6OS/c1-16-7-8-19(12-17(16)2)14-30-23-13-22-25(36-23)24(26(35)34-11-9-20(28)15-34)33-27(32-22)31-18(3)21-6-4-5-10-29-21/h4-8,10,12-13,18,20,30H,9,11,14-15H2,1-3H3,(H,31,32,33)/t18-,20+/m0/s1. The highest BCUT2D eigenvalue weighted by atomic mass is 32.1. The molecule has 3 aromatic heterocycles. The van der Waals surface area contributed by atoms with Crippen molar-refractivity contribution in [1.82, 2.24) is 19.9 Å². The van der Waals surface area contributed by atoms with E-state index in [9.17, 15) is 9.18 Å². The molecular weight excluding hydrogens is 475 g/mol. The predicted octanol–water partition coefficient (Wildman–Crippen LogP) is 5.67. The van der Waals surface area contributed by atoms with E-state index in [4.69, 9.17) is 4.98 Å². The first-order chi connectivity index (χ1) is 17.4. The molecule has 1 aliphatic heterocycles. The number of hydrogen-bond acceptors (Lipinski definition) is 7. The van der Waals surface area contributed by atoms with Crippen molar-refractivity contribution in [3.05, 3.63) is 76.7 Å². The molecule has 0 saturated carbocycles. The van der Waals surface area contributed by atoms with E-state index in [0.29, 0.717) is 41.4 Å². The van der Waals surface area contributed by atoms with Crippen molar-refractivity contribution in [3.8, 4) is 0 Å². The van der Waals surface area contributed by atoms with E-state index in [1.54, 1.807) is 11.1 Å². The Kier molecular flexibility index (Phi) is 6.82. The lowest BCUT2D eigenvalue weighted by molar-refractivity contribution is 0.0779. The van der Waals surface area contributed by atoms with Gasteiger partial charge in [0.05, 0.1) is 33.5 Å². The average Bonchev–Trinajstić information content (AvgIpc) is 3.50. The number of fused-ring (bicyclic) bond motifs is 1. The van der Waals surface area contributed by atoms with E-state index in [-0.39, 0.29) is 18.5 Å². The van der Waals surface area contributed by atoms with Crippen molar-refractivity contribution in [3.63, 3.8) is 0 Å². The summed E-state index contributed by atoms with van der Waals surface area (Å²) in [6, 6.07) is 13.9. The zero-order valence-electron chi connectivity index (χ0n) is 20.6. The van der Waals surface area contributed by atoms with Crippen LogP contribution < -0.4 is 10.6 Å². The molecule has 0 bridgehead atoms. The van der Waals surface area contributed by atoms with Gasteiger partial charge in [0.2, 0.25) is 5.95 Å². The first kappa shape index (κ1) is 24.1. The maximum absolute atomic E-state index is 13.9. The minimum atomic E-state index is -0.994. The van der Waals surface area contributed by atoms with Gasteiger partial charge in [0.25, 0.3) is 5.91 Å². The zero-order valence-corrected chi connectivity index (χ0v) is 21.4.